The minimum atomic E-state index is -0.343. The van der Waals surface area contributed by atoms with Gasteiger partial charge in [0.2, 0.25) is 5.91 Å². The van der Waals surface area contributed by atoms with Crippen LogP contribution >= 0.6 is 11.6 Å². The molecule has 0 aromatic carbocycles. The first kappa shape index (κ1) is 19.9. The number of anilines is 1. The summed E-state index contributed by atoms with van der Waals surface area (Å²) in [5, 5.41) is 14.3. The van der Waals surface area contributed by atoms with Crippen LogP contribution in [0.4, 0.5) is 5.69 Å². The molecule has 0 unspecified atom stereocenters. The molecule has 3 rings (SSSR count). The minimum Gasteiger partial charge on any atom is -0.362 e. The van der Waals surface area contributed by atoms with Crippen LogP contribution in [0.25, 0.3) is 0 Å². The Balaban J connectivity index is 1.51. The van der Waals surface area contributed by atoms with Crippen molar-refractivity contribution < 1.29 is 14.4 Å². The van der Waals surface area contributed by atoms with Crippen LogP contribution in [-0.2, 0) is 14.4 Å². The Morgan fingerprint density at radius 2 is 1.79 bits per heavy atom. The Bertz CT molecular complexity index is 804. The van der Waals surface area contributed by atoms with Gasteiger partial charge in [-0.2, -0.15) is 0 Å². The highest BCUT2D eigenvalue weighted by Crippen LogP contribution is 2.27. The molecule has 2 heterocycles. The fourth-order valence-electron chi connectivity index (χ4n) is 3.38. The van der Waals surface area contributed by atoms with Gasteiger partial charge in [-0.3, -0.25) is 14.4 Å². The number of halogens is 1. The van der Waals surface area contributed by atoms with Gasteiger partial charge in [-0.05, 0) is 37.8 Å². The average molecular weight is 407 g/mol. The predicted octanol–water partition coefficient (Wildman–Crippen LogP) is 0.456. The number of carbonyl (C=O) groups is 3. The van der Waals surface area contributed by atoms with Gasteiger partial charge in [0.25, 0.3) is 11.8 Å². The molecule has 1 aliphatic carbocycles. The highest BCUT2D eigenvalue weighted by atomic mass is 35.5. The minimum absolute atomic E-state index is 0.0423. The zero-order valence-electron chi connectivity index (χ0n) is 15.5. The maximum Gasteiger partial charge on any atom is 0.269 e. The molecule has 0 spiro atoms. The number of amides is 3. The standard InChI is InChI=1S/C18H23ClN6O3/c1-20-17(27)13-14(23-9-22-13)18(28)24-11-6-4-10(5-7-11)16(26)25-12-3-2-8-21-15(12)19/h2-3,8,10-11,22-23H,4-7,9H2,1H3,(H,20,27)(H,24,28)(H,25,26)/t10-,11-. The number of carbonyl (C=O) groups excluding carboxylic acids is 3. The van der Waals surface area contributed by atoms with Crippen LogP contribution in [0.15, 0.2) is 29.7 Å². The Morgan fingerprint density at radius 3 is 2.43 bits per heavy atom. The fourth-order valence-corrected chi connectivity index (χ4v) is 3.55. The predicted molar refractivity (Wildman–Crippen MR) is 104 cm³/mol. The van der Waals surface area contributed by atoms with Crippen molar-refractivity contribution in [2.75, 3.05) is 19.0 Å². The molecule has 1 aliphatic heterocycles. The van der Waals surface area contributed by atoms with Crippen LogP contribution in [0.2, 0.25) is 5.15 Å². The molecule has 28 heavy (non-hydrogen) atoms. The summed E-state index contributed by atoms with van der Waals surface area (Å²) in [4.78, 5) is 40.7. The van der Waals surface area contributed by atoms with Gasteiger partial charge in [-0.15, -0.1) is 0 Å². The zero-order chi connectivity index (χ0) is 20.1. The van der Waals surface area contributed by atoms with Crippen LogP contribution in [0.1, 0.15) is 25.7 Å². The molecule has 1 aromatic heterocycles. The summed E-state index contributed by atoms with van der Waals surface area (Å²) in [6.07, 6.45) is 4.23. The summed E-state index contributed by atoms with van der Waals surface area (Å²) in [7, 11) is 1.51. The van der Waals surface area contributed by atoms with E-state index in [2.05, 4.69) is 31.6 Å². The smallest absolute Gasteiger partial charge is 0.269 e. The van der Waals surface area contributed by atoms with Crippen molar-refractivity contribution in [3.8, 4) is 0 Å². The largest absolute Gasteiger partial charge is 0.362 e. The maximum absolute atomic E-state index is 12.5. The van der Waals surface area contributed by atoms with E-state index in [1.54, 1.807) is 18.3 Å². The molecule has 1 fully saturated rings. The van der Waals surface area contributed by atoms with E-state index in [1.807, 2.05) is 0 Å². The highest BCUT2D eigenvalue weighted by molar-refractivity contribution is 6.32. The lowest BCUT2D eigenvalue weighted by molar-refractivity contribution is -0.121. The number of pyridine rings is 1. The molecule has 1 saturated carbocycles. The van der Waals surface area contributed by atoms with Crippen LogP contribution < -0.4 is 26.6 Å². The Labute approximate surface area is 167 Å². The number of hydrogen-bond acceptors (Lipinski definition) is 6. The second-order valence-electron chi connectivity index (χ2n) is 6.71. The Kier molecular flexibility index (Phi) is 6.35. The van der Waals surface area contributed by atoms with Gasteiger partial charge in [0, 0.05) is 25.2 Å². The number of nitrogens with zero attached hydrogens (tertiary/aromatic N) is 1. The van der Waals surface area contributed by atoms with E-state index in [1.165, 1.54) is 7.05 Å². The lowest BCUT2D eigenvalue weighted by Gasteiger charge is -2.28. The van der Waals surface area contributed by atoms with Crippen molar-refractivity contribution in [3.63, 3.8) is 0 Å². The van der Waals surface area contributed by atoms with Gasteiger partial charge in [-0.1, -0.05) is 11.6 Å². The summed E-state index contributed by atoms with van der Waals surface area (Å²) in [6.45, 7) is 0.329. The van der Waals surface area contributed by atoms with Gasteiger partial charge in [0.05, 0.1) is 12.4 Å². The molecule has 0 saturated heterocycles. The third kappa shape index (κ3) is 4.53. The molecule has 0 radical (unpaired) electrons. The van der Waals surface area contributed by atoms with Crippen molar-refractivity contribution in [1.82, 2.24) is 26.3 Å². The van der Waals surface area contributed by atoms with E-state index in [0.717, 1.165) is 0 Å². The topological polar surface area (TPSA) is 124 Å². The maximum atomic E-state index is 12.5. The van der Waals surface area contributed by atoms with E-state index >= 15 is 0 Å². The highest BCUT2D eigenvalue weighted by Gasteiger charge is 2.30. The van der Waals surface area contributed by atoms with Crippen molar-refractivity contribution in [3.05, 3.63) is 34.9 Å². The van der Waals surface area contributed by atoms with Gasteiger partial charge in [0.15, 0.2) is 5.15 Å². The van der Waals surface area contributed by atoms with Gasteiger partial charge in [-0.25, -0.2) is 4.98 Å². The SMILES string of the molecule is CNC(=O)C1=C(C(=O)N[C@H]2CC[C@H](C(=O)Nc3cccnc3Cl)CC2)NCN1. The fraction of sp³-hybridized carbons (Fsp3) is 0.444. The van der Waals surface area contributed by atoms with E-state index in [-0.39, 0.29) is 46.2 Å². The van der Waals surface area contributed by atoms with E-state index < -0.39 is 0 Å². The number of aromatic nitrogens is 1. The van der Waals surface area contributed by atoms with E-state index in [4.69, 9.17) is 11.6 Å². The van der Waals surface area contributed by atoms with Gasteiger partial charge in [0.1, 0.15) is 11.4 Å². The second-order valence-corrected chi connectivity index (χ2v) is 7.07. The van der Waals surface area contributed by atoms with Crippen LogP contribution in [0.5, 0.6) is 0 Å². The van der Waals surface area contributed by atoms with Crippen molar-refractivity contribution in [1.29, 1.82) is 0 Å². The molecule has 5 N–H and O–H groups in total. The molecule has 1 aromatic rings. The first-order valence-electron chi connectivity index (χ1n) is 9.16. The summed E-state index contributed by atoms with van der Waals surface area (Å²) in [6, 6.07) is 3.38. The normalized spacial score (nSPS) is 21.4. The number of rotatable bonds is 5. The lowest BCUT2D eigenvalue weighted by atomic mass is 9.85. The summed E-state index contributed by atoms with van der Waals surface area (Å²) >= 11 is 5.98. The Morgan fingerprint density at radius 1 is 1.11 bits per heavy atom. The van der Waals surface area contributed by atoms with Gasteiger partial charge >= 0.3 is 0 Å². The quantitative estimate of drug-likeness (QED) is 0.452. The third-order valence-corrected chi connectivity index (χ3v) is 5.21. The average Bonchev–Trinajstić information content (AvgIpc) is 3.19. The summed E-state index contributed by atoms with van der Waals surface area (Å²) in [5.74, 6) is -0.898. The molecule has 150 valence electrons. The molecule has 0 bridgehead atoms. The molecule has 2 aliphatic rings. The lowest BCUT2D eigenvalue weighted by Crippen LogP contribution is -2.42. The van der Waals surface area contributed by atoms with Crippen molar-refractivity contribution in [2.45, 2.75) is 31.7 Å². The molecule has 9 nitrogen and oxygen atoms in total. The molecule has 3 amide bonds. The Hall–Kier alpha value is -2.81. The van der Waals surface area contributed by atoms with E-state index in [0.29, 0.717) is 38.0 Å². The first-order valence-corrected chi connectivity index (χ1v) is 9.53. The molecular formula is C18H23ClN6O3. The first-order chi connectivity index (χ1) is 13.5. The number of hydrogen-bond donors (Lipinski definition) is 5. The van der Waals surface area contributed by atoms with Gasteiger partial charge < -0.3 is 26.6 Å². The number of likely N-dealkylation sites (N-methyl/N-ethyl adjacent to an activating group) is 1. The number of nitrogens with one attached hydrogen (secondary N) is 5. The monoisotopic (exact) mass is 406 g/mol. The molecular weight excluding hydrogens is 384 g/mol. The van der Waals surface area contributed by atoms with Crippen molar-refractivity contribution >= 4 is 35.0 Å². The van der Waals surface area contributed by atoms with Crippen LogP contribution in [0.3, 0.4) is 0 Å². The zero-order valence-corrected chi connectivity index (χ0v) is 16.2. The third-order valence-electron chi connectivity index (χ3n) is 4.91. The molecule has 10 heteroatoms. The summed E-state index contributed by atoms with van der Waals surface area (Å²) < 4.78 is 0. The van der Waals surface area contributed by atoms with Crippen LogP contribution in [0, 0.1) is 5.92 Å². The summed E-state index contributed by atoms with van der Waals surface area (Å²) in [5.41, 5.74) is 0.977. The molecule has 0 atom stereocenters. The van der Waals surface area contributed by atoms with Crippen molar-refractivity contribution in [2.24, 2.45) is 5.92 Å². The van der Waals surface area contributed by atoms with E-state index in [9.17, 15) is 14.4 Å². The van der Waals surface area contributed by atoms with Crippen LogP contribution in [-0.4, -0.2) is 42.5 Å². The second kappa shape index (κ2) is 8.92.